The van der Waals surface area contributed by atoms with Crippen LogP contribution in [0.15, 0.2) is 12.1 Å². The maximum atomic E-state index is 5.87. The molecule has 0 N–H and O–H groups in total. The van der Waals surface area contributed by atoms with Gasteiger partial charge in [0.15, 0.2) is 0 Å². The van der Waals surface area contributed by atoms with Gasteiger partial charge < -0.3 is 4.74 Å². The fourth-order valence-corrected chi connectivity index (χ4v) is 3.28. The molecule has 115 valence electrons. The van der Waals surface area contributed by atoms with Gasteiger partial charge in [-0.2, -0.15) is 0 Å². The molecule has 1 heterocycles. The fourth-order valence-electron chi connectivity index (χ4n) is 2.59. The molecule has 0 bridgehead atoms. The van der Waals surface area contributed by atoms with Gasteiger partial charge in [0, 0.05) is 23.3 Å². The van der Waals surface area contributed by atoms with Gasteiger partial charge >= 0.3 is 0 Å². The van der Waals surface area contributed by atoms with Crippen LogP contribution in [0.25, 0.3) is 0 Å². The molecule has 0 fully saturated rings. The largest absolute Gasteiger partial charge is 0.378 e. The summed E-state index contributed by atoms with van der Waals surface area (Å²) in [7, 11) is 0. The summed E-state index contributed by atoms with van der Waals surface area (Å²) in [5, 5.41) is 3.16. The summed E-state index contributed by atoms with van der Waals surface area (Å²) in [6.45, 7) is 5.21. The molecule has 0 aromatic carbocycles. The predicted molar refractivity (Wildman–Crippen MR) is 89.5 cm³/mol. The zero-order chi connectivity index (χ0) is 14.5. The third-order valence-electron chi connectivity index (χ3n) is 3.74. The normalized spacial score (nSPS) is 12.7. The lowest BCUT2D eigenvalue weighted by molar-refractivity contribution is 0.0557. The molecule has 0 aliphatic rings. The van der Waals surface area contributed by atoms with Gasteiger partial charge in [-0.3, -0.25) is 0 Å². The summed E-state index contributed by atoms with van der Waals surface area (Å²) in [6, 6.07) is 4.18. The molecular formula is C18H31OS. The van der Waals surface area contributed by atoms with Crippen LogP contribution in [-0.4, -0.2) is 12.7 Å². The van der Waals surface area contributed by atoms with E-state index in [1.165, 1.54) is 62.7 Å². The van der Waals surface area contributed by atoms with E-state index in [0.717, 1.165) is 13.0 Å². The lowest BCUT2D eigenvalue weighted by atomic mass is 10.0. The van der Waals surface area contributed by atoms with E-state index in [2.05, 4.69) is 25.3 Å². The molecule has 1 nitrogen and oxygen atoms in total. The van der Waals surface area contributed by atoms with Crippen LogP contribution in [0.5, 0.6) is 0 Å². The van der Waals surface area contributed by atoms with Gasteiger partial charge in [0.2, 0.25) is 0 Å². The molecule has 1 aromatic heterocycles. The van der Waals surface area contributed by atoms with Gasteiger partial charge in [-0.05, 0) is 25.5 Å². The zero-order valence-electron chi connectivity index (χ0n) is 13.3. The highest BCUT2D eigenvalue weighted by molar-refractivity contribution is 7.09. The minimum Gasteiger partial charge on any atom is -0.378 e. The minimum atomic E-state index is 0.409. The summed E-state index contributed by atoms with van der Waals surface area (Å²) < 4.78 is 5.87. The van der Waals surface area contributed by atoms with E-state index >= 15 is 0 Å². The van der Waals surface area contributed by atoms with Crippen LogP contribution >= 0.6 is 11.3 Å². The van der Waals surface area contributed by atoms with Gasteiger partial charge in [0.05, 0.1) is 6.10 Å². The molecule has 2 heteroatoms. The number of hydrogen-bond acceptors (Lipinski definition) is 2. The third kappa shape index (κ3) is 8.76. The van der Waals surface area contributed by atoms with Crippen LogP contribution < -0.4 is 0 Å². The molecule has 0 amide bonds. The Hall–Kier alpha value is -0.340. The van der Waals surface area contributed by atoms with Crippen LogP contribution in [0.4, 0.5) is 0 Å². The molecule has 1 rings (SSSR count). The molecule has 1 radical (unpaired) electrons. The Labute approximate surface area is 129 Å². The first-order valence-corrected chi connectivity index (χ1v) is 9.24. The standard InChI is InChI=1S/C18H31OS/c1-3-5-6-7-8-9-10-11-13-17(19-4-2)16-18-14-12-15-20-18/h12,14,17H,3-11,13,16H2,1-2H3. The predicted octanol–water partition coefficient (Wildman–Crippen LogP) is 6.03. The van der Waals surface area contributed by atoms with E-state index in [-0.39, 0.29) is 0 Å². The Morgan fingerprint density at radius 1 is 1.05 bits per heavy atom. The number of thiophene rings is 1. The molecule has 1 atom stereocenters. The van der Waals surface area contributed by atoms with E-state index in [4.69, 9.17) is 4.74 Å². The van der Waals surface area contributed by atoms with Crippen molar-refractivity contribution >= 4 is 11.3 Å². The fraction of sp³-hybridized carbons (Fsp3) is 0.778. The van der Waals surface area contributed by atoms with Gasteiger partial charge in [0.25, 0.3) is 0 Å². The zero-order valence-corrected chi connectivity index (χ0v) is 14.1. The Bertz CT molecular complexity index is 294. The highest BCUT2D eigenvalue weighted by Crippen LogP contribution is 2.17. The van der Waals surface area contributed by atoms with Crippen molar-refractivity contribution in [1.29, 1.82) is 0 Å². The summed E-state index contributed by atoms with van der Waals surface area (Å²) in [5.74, 6) is 0. The van der Waals surface area contributed by atoms with Gasteiger partial charge in [-0.25, -0.2) is 0 Å². The van der Waals surface area contributed by atoms with Crippen molar-refractivity contribution in [3.05, 3.63) is 22.4 Å². The SMILES string of the molecule is CCCCCCCCCCC(Cc1cc[c]s1)OCC. The lowest BCUT2D eigenvalue weighted by Crippen LogP contribution is -2.15. The molecule has 0 aliphatic carbocycles. The summed E-state index contributed by atoms with van der Waals surface area (Å²) >= 11 is 1.73. The average molecular weight is 296 g/mol. The monoisotopic (exact) mass is 295 g/mol. The molecular weight excluding hydrogens is 264 g/mol. The van der Waals surface area contributed by atoms with Crippen LogP contribution in [-0.2, 0) is 11.2 Å². The number of rotatable bonds is 13. The number of unbranched alkanes of at least 4 members (excludes halogenated alkanes) is 7. The van der Waals surface area contributed by atoms with E-state index in [0.29, 0.717) is 6.10 Å². The maximum Gasteiger partial charge on any atom is 0.0623 e. The summed E-state index contributed by atoms with van der Waals surface area (Å²) in [6.07, 6.45) is 13.8. The average Bonchev–Trinajstić information content (AvgIpc) is 2.95. The highest BCUT2D eigenvalue weighted by atomic mass is 32.1. The number of hydrogen-bond donors (Lipinski definition) is 0. The minimum absolute atomic E-state index is 0.409. The second kappa shape index (κ2) is 12.4. The molecule has 0 saturated heterocycles. The van der Waals surface area contributed by atoms with Crippen LogP contribution in [0, 0.1) is 5.38 Å². The maximum absolute atomic E-state index is 5.87. The third-order valence-corrected chi connectivity index (χ3v) is 4.56. The van der Waals surface area contributed by atoms with Gasteiger partial charge in [-0.15, -0.1) is 11.3 Å². The van der Waals surface area contributed by atoms with Crippen molar-refractivity contribution in [2.24, 2.45) is 0 Å². The van der Waals surface area contributed by atoms with Crippen molar-refractivity contribution in [2.75, 3.05) is 6.61 Å². The number of ether oxygens (including phenoxy) is 1. The second-order valence-electron chi connectivity index (χ2n) is 5.56. The second-order valence-corrected chi connectivity index (χ2v) is 6.53. The molecule has 0 saturated carbocycles. The quantitative estimate of drug-likeness (QED) is 0.404. The van der Waals surface area contributed by atoms with Crippen LogP contribution in [0.1, 0.15) is 76.5 Å². The Morgan fingerprint density at radius 2 is 1.75 bits per heavy atom. The molecule has 20 heavy (non-hydrogen) atoms. The van der Waals surface area contributed by atoms with Crippen LogP contribution in [0.3, 0.4) is 0 Å². The van der Waals surface area contributed by atoms with E-state index in [1.807, 2.05) is 6.07 Å². The van der Waals surface area contributed by atoms with Gasteiger partial charge in [0.1, 0.15) is 0 Å². The topological polar surface area (TPSA) is 9.23 Å². The van der Waals surface area contributed by atoms with Crippen molar-refractivity contribution in [2.45, 2.75) is 84.2 Å². The van der Waals surface area contributed by atoms with Gasteiger partial charge in [-0.1, -0.05) is 58.3 Å². The van der Waals surface area contributed by atoms with Crippen molar-refractivity contribution in [3.63, 3.8) is 0 Å². The van der Waals surface area contributed by atoms with E-state index in [1.54, 1.807) is 11.3 Å². The lowest BCUT2D eigenvalue weighted by Gasteiger charge is -2.16. The molecule has 1 aromatic rings. The van der Waals surface area contributed by atoms with Crippen molar-refractivity contribution in [3.8, 4) is 0 Å². The first-order chi connectivity index (χ1) is 9.86. The van der Waals surface area contributed by atoms with Crippen molar-refractivity contribution in [1.82, 2.24) is 0 Å². The Balaban J connectivity index is 2.04. The molecule has 0 spiro atoms. The van der Waals surface area contributed by atoms with E-state index < -0.39 is 0 Å². The molecule has 1 unspecified atom stereocenters. The molecule has 0 aliphatic heterocycles. The van der Waals surface area contributed by atoms with Crippen LogP contribution in [0.2, 0.25) is 0 Å². The van der Waals surface area contributed by atoms with E-state index in [9.17, 15) is 0 Å². The Morgan fingerprint density at radius 3 is 2.35 bits per heavy atom. The van der Waals surface area contributed by atoms with Crippen molar-refractivity contribution < 1.29 is 4.74 Å². The smallest absolute Gasteiger partial charge is 0.0623 e. The first-order valence-electron chi connectivity index (χ1n) is 8.43. The first kappa shape index (κ1) is 17.7. The highest BCUT2D eigenvalue weighted by Gasteiger charge is 2.10. The Kier molecular flexibility index (Phi) is 11.0. The summed E-state index contributed by atoms with van der Waals surface area (Å²) in [4.78, 5) is 1.41. The summed E-state index contributed by atoms with van der Waals surface area (Å²) in [5.41, 5.74) is 0.